The van der Waals surface area contributed by atoms with Crippen molar-refractivity contribution in [3.63, 3.8) is 0 Å². The molecule has 2 fully saturated rings. The summed E-state index contributed by atoms with van der Waals surface area (Å²) in [5.74, 6) is 0.894. The number of H-pyrrole nitrogens is 1. The van der Waals surface area contributed by atoms with Crippen molar-refractivity contribution in [3.05, 3.63) is 83.8 Å². The van der Waals surface area contributed by atoms with Gasteiger partial charge in [-0.2, -0.15) is 0 Å². The van der Waals surface area contributed by atoms with Gasteiger partial charge >= 0.3 is 0 Å². The molecule has 1 saturated carbocycles. The Morgan fingerprint density at radius 3 is 2.54 bits per heavy atom. The molecule has 1 aliphatic heterocycles. The lowest BCUT2D eigenvalue weighted by molar-refractivity contribution is 0.0936. The van der Waals surface area contributed by atoms with Crippen LogP contribution in [0.25, 0.3) is 22.0 Å². The first-order chi connectivity index (χ1) is 20.0. The highest BCUT2D eigenvalue weighted by atomic mass is 16.5. The van der Waals surface area contributed by atoms with Gasteiger partial charge in [0.25, 0.3) is 5.91 Å². The number of piperidine rings is 1. The number of rotatable bonds is 8. The molecule has 1 saturated heterocycles. The zero-order chi connectivity index (χ0) is 28.2. The summed E-state index contributed by atoms with van der Waals surface area (Å²) >= 11 is 0. The van der Waals surface area contributed by atoms with E-state index in [4.69, 9.17) is 9.72 Å². The number of nitrogens with one attached hydrogen (secondary N) is 2. The number of amides is 1. The standard InChI is InChI=1S/C35H42N4O2/c1-3-30-33(25-10-13-27(14-11-25)41-28-16-21-39(2)22-17-28)29-23-26(12-15-31(29)38-30)34(40)37-24-35(18-6-4-7-19-35)32-9-5-8-20-36-32/h5,8-15,20,23,28,38H,3-4,6-7,16-19,21-22,24H2,1-2H3,(H,37,40). The summed E-state index contributed by atoms with van der Waals surface area (Å²) in [5.41, 5.74) is 6.23. The van der Waals surface area contributed by atoms with E-state index in [1.165, 1.54) is 30.5 Å². The minimum absolute atomic E-state index is 0.0279. The van der Waals surface area contributed by atoms with Gasteiger partial charge in [-0.1, -0.05) is 44.4 Å². The van der Waals surface area contributed by atoms with E-state index in [1.54, 1.807) is 0 Å². The number of aromatic amines is 1. The number of hydrogen-bond acceptors (Lipinski definition) is 4. The van der Waals surface area contributed by atoms with Crippen LogP contribution in [0.15, 0.2) is 66.9 Å². The molecule has 6 rings (SSSR count). The lowest BCUT2D eigenvalue weighted by Gasteiger charge is -2.37. The summed E-state index contributed by atoms with van der Waals surface area (Å²) in [7, 11) is 2.17. The Morgan fingerprint density at radius 1 is 1.05 bits per heavy atom. The molecule has 3 heterocycles. The average molecular weight is 551 g/mol. The van der Waals surface area contributed by atoms with Gasteiger partial charge in [0.1, 0.15) is 11.9 Å². The molecule has 0 atom stereocenters. The Bertz CT molecular complexity index is 1460. The third kappa shape index (κ3) is 5.89. The van der Waals surface area contributed by atoms with Gasteiger partial charge in [-0.15, -0.1) is 0 Å². The molecule has 0 spiro atoms. The lowest BCUT2D eigenvalue weighted by Crippen LogP contribution is -2.42. The summed E-state index contributed by atoms with van der Waals surface area (Å²) in [6, 6.07) is 20.6. The van der Waals surface area contributed by atoms with Crippen LogP contribution in [0, 0.1) is 0 Å². The van der Waals surface area contributed by atoms with Crippen molar-refractivity contribution >= 4 is 16.8 Å². The summed E-state index contributed by atoms with van der Waals surface area (Å²) < 4.78 is 6.30. The van der Waals surface area contributed by atoms with E-state index in [1.807, 2.05) is 30.5 Å². The van der Waals surface area contributed by atoms with E-state index >= 15 is 0 Å². The molecule has 4 aromatic rings. The first kappa shape index (κ1) is 27.5. The Labute approximate surface area is 243 Å². The minimum atomic E-state index is -0.0920. The van der Waals surface area contributed by atoms with E-state index in [0.29, 0.717) is 12.1 Å². The molecule has 0 bridgehead atoms. The van der Waals surface area contributed by atoms with Crippen molar-refractivity contribution in [2.24, 2.45) is 0 Å². The Hall–Kier alpha value is -3.64. The molecule has 2 aromatic heterocycles. The van der Waals surface area contributed by atoms with Crippen LogP contribution >= 0.6 is 0 Å². The number of likely N-dealkylation sites (tertiary alicyclic amines) is 1. The van der Waals surface area contributed by atoms with Crippen molar-refractivity contribution in [3.8, 4) is 16.9 Å². The highest BCUT2D eigenvalue weighted by Gasteiger charge is 2.35. The number of benzene rings is 2. The van der Waals surface area contributed by atoms with Crippen molar-refractivity contribution in [2.45, 2.75) is 69.8 Å². The van der Waals surface area contributed by atoms with E-state index in [2.05, 4.69) is 65.6 Å². The quantitative estimate of drug-likeness (QED) is 0.250. The molecule has 2 N–H and O–H groups in total. The van der Waals surface area contributed by atoms with Crippen LogP contribution in [0.2, 0.25) is 0 Å². The number of nitrogens with zero attached hydrogens (tertiary/aromatic N) is 2. The average Bonchev–Trinajstić information content (AvgIpc) is 3.40. The molecule has 1 aliphatic carbocycles. The number of aryl methyl sites for hydroxylation is 1. The second-order valence-electron chi connectivity index (χ2n) is 12.0. The number of hydrogen-bond donors (Lipinski definition) is 2. The Kier molecular flexibility index (Phi) is 8.11. The third-order valence-electron chi connectivity index (χ3n) is 9.21. The van der Waals surface area contributed by atoms with Gasteiger partial charge in [-0.3, -0.25) is 9.78 Å². The second kappa shape index (κ2) is 12.1. The van der Waals surface area contributed by atoms with Crippen LogP contribution in [0.4, 0.5) is 0 Å². The molecule has 0 radical (unpaired) electrons. The summed E-state index contributed by atoms with van der Waals surface area (Å²) in [6.45, 7) is 4.94. The number of fused-ring (bicyclic) bond motifs is 1. The highest BCUT2D eigenvalue weighted by molar-refractivity contribution is 6.03. The van der Waals surface area contributed by atoms with Gasteiger partial charge in [-0.05, 0) is 87.2 Å². The Morgan fingerprint density at radius 2 is 1.83 bits per heavy atom. The SMILES string of the molecule is CCc1[nH]c2ccc(C(=O)NCC3(c4ccccn4)CCCCC3)cc2c1-c1ccc(OC2CCN(C)CC2)cc1. The maximum absolute atomic E-state index is 13.5. The fraction of sp³-hybridized carbons (Fsp3) is 0.429. The van der Waals surface area contributed by atoms with Crippen LogP contribution in [-0.2, 0) is 11.8 Å². The van der Waals surface area contributed by atoms with Gasteiger partial charge in [-0.25, -0.2) is 0 Å². The van der Waals surface area contributed by atoms with Crippen molar-refractivity contribution in [1.82, 2.24) is 20.2 Å². The molecule has 2 aromatic carbocycles. The maximum Gasteiger partial charge on any atom is 0.251 e. The highest BCUT2D eigenvalue weighted by Crippen LogP contribution is 2.38. The van der Waals surface area contributed by atoms with E-state index in [9.17, 15) is 4.79 Å². The van der Waals surface area contributed by atoms with Gasteiger partial charge in [0.05, 0.1) is 0 Å². The smallest absolute Gasteiger partial charge is 0.251 e. The molecule has 2 aliphatic rings. The van der Waals surface area contributed by atoms with Crippen LogP contribution in [0.3, 0.4) is 0 Å². The monoisotopic (exact) mass is 550 g/mol. The third-order valence-corrected chi connectivity index (χ3v) is 9.21. The van der Waals surface area contributed by atoms with Crippen molar-refractivity contribution < 1.29 is 9.53 Å². The number of carbonyl (C=O) groups excluding carboxylic acids is 1. The molecule has 214 valence electrons. The number of pyridine rings is 1. The van der Waals surface area contributed by atoms with E-state index in [0.717, 1.165) is 73.1 Å². The fourth-order valence-electron chi connectivity index (χ4n) is 6.76. The number of ether oxygens (including phenoxy) is 1. The van der Waals surface area contributed by atoms with Gasteiger partial charge in [0.2, 0.25) is 0 Å². The van der Waals surface area contributed by atoms with Crippen molar-refractivity contribution in [1.29, 1.82) is 0 Å². The van der Waals surface area contributed by atoms with Gasteiger partial charge in [0.15, 0.2) is 0 Å². The van der Waals surface area contributed by atoms with Gasteiger partial charge < -0.3 is 19.9 Å². The summed E-state index contributed by atoms with van der Waals surface area (Å²) in [6.07, 6.45) is 10.9. The largest absolute Gasteiger partial charge is 0.490 e. The predicted molar refractivity (Wildman–Crippen MR) is 166 cm³/mol. The fourth-order valence-corrected chi connectivity index (χ4v) is 6.76. The molecular formula is C35H42N4O2. The molecule has 41 heavy (non-hydrogen) atoms. The van der Waals surface area contributed by atoms with Crippen molar-refractivity contribution in [2.75, 3.05) is 26.7 Å². The summed E-state index contributed by atoms with van der Waals surface area (Å²) in [4.78, 5) is 24.2. The van der Waals surface area contributed by atoms with Gasteiger partial charge in [0, 0.05) is 64.7 Å². The van der Waals surface area contributed by atoms with Crippen LogP contribution in [0.5, 0.6) is 5.75 Å². The molecule has 0 unspecified atom stereocenters. The zero-order valence-corrected chi connectivity index (χ0v) is 24.4. The number of aromatic nitrogens is 2. The molecule has 6 heteroatoms. The lowest BCUT2D eigenvalue weighted by atomic mass is 9.71. The van der Waals surface area contributed by atoms with E-state index < -0.39 is 0 Å². The van der Waals surface area contributed by atoms with Crippen LogP contribution in [-0.4, -0.2) is 53.6 Å². The topological polar surface area (TPSA) is 70.2 Å². The maximum atomic E-state index is 13.5. The summed E-state index contributed by atoms with van der Waals surface area (Å²) in [5, 5.41) is 4.37. The zero-order valence-electron chi connectivity index (χ0n) is 24.4. The second-order valence-corrected chi connectivity index (χ2v) is 12.0. The first-order valence-electron chi connectivity index (χ1n) is 15.3. The van der Waals surface area contributed by atoms with Crippen LogP contribution < -0.4 is 10.1 Å². The number of carbonyl (C=O) groups is 1. The molecule has 1 amide bonds. The molecular weight excluding hydrogens is 508 g/mol. The predicted octanol–water partition coefficient (Wildman–Crippen LogP) is 6.90. The minimum Gasteiger partial charge on any atom is -0.490 e. The van der Waals surface area contributed by atoms with E-state index in [-0.39, 0.29) is 17.4 Å². The normalized spacial score (nSPS) is 17.9. The van der Waals surface area contributed by atoms with Crippen LogP contribution in [0.1, 0.15) is 73.6 Å². The Balaban J connectivity index is 1.22. The first-order valence-corrected chi connectivity index (χ1v) is 15.3. The molecule has 6 nitrogen and oxygen atoms in total.